The van der Waals surface area contributed by atoms with Crippen LogP contribution in [0.5, 0.6) is 5.75 Å². The molecule has 7 heteroatoms. The molecule has 1 saturated heterocycles. The number of hydrogen-bond acceptors (Lipinski definition) is 7. The zero-order valence-electron chi connectivity index (χ0n) is 30.2. The lowest BCUT2D eigenvalue weighted by atomic mass is 9.32. The van der Waals surface area contributed by atoms with E-state index in [1.165, 1.54) is 5.57 Å². The number of ketones is 2. The van der Waals surface area contributed by atoms with Crippen LogP contribution in [0.1, 0.15) is 105 Å². The highest BCUT2D eigenvalue weighted by Gasteiger charge is 2.74. The van der Waals surface area contributed by atoms with Crippen molar-refractivity contribution in [2.24, 2.45) is 45.3 Å². The SMILES string of the molecule is C[C@H](O)CN[C@H]1C[C@@]2(C)[C@H](CCC3=C([C@H](C)C[C@@H](O)[C@H]4OC4(C)C)C(=O)C[C@@]32C)[C@@]2(C)[C@@H]1[C@]1(C)CC=C[C@H]2[C@@H](c2cccc(O)c2)C1=O. The zero-order valence-corrected chi connectivity index (χ0v) is 30.2. The Labute approximate surface area is 286 Å². The summed E-state index contributed by atoms with van der Waals surface area (Å²) in [5.74, 6) is 0.393. The molecule has 2 bridgehead atoms. The monoisotopic (exact) mass is 659 g/mol. The molecular formula is C41H57NO6. The summed E-state index contributed by atoms with van der Waals surface area (Å²) in [4.78, 5) is 29.1. The first kappa shape index (κ1) is 34.1. The van der Waals surface area contributed by atoms with Crippen molar-refractivity contribution in [2.75, 3.05) is 6.54 Å². The number of carbonyl (C=O) groups is 2. The number of Topliss-reactive ketones (excluding diaryl/α,β-unsaturated/α-hetero) is 2. The lowest BCUT2D eigenvalue weighted by Gasteiger charge is -2.72. The standard InChI is InChI=1S/C41H57NO6/c1-22(17-29(45)36-37(3,4)48-36)32-26-14-15-31-40(7,39(26,6)20-30(32)46)19-28(42-21-23(2)43)34-38(5)16-10-13-27(41(31,34)8)33(35(38)47)24-11-9-12-25(44)18-24/h9-13,18,22-23,27-29,31,33-34,36,42-45H,14-17,19-21H2,1-8H3/t22-,23+,27+,28+,29-,31+,33-,34+,36-,38+,39+,40+,41+/m1/s1. The van der Waals surface area contributed by atoms with Crippen molar-refractivity contribution in [3.05, 3.63) is 53.1 Å². The van der Waals surface area contributed by atoms with E-state index in [1.54, 1.807) is 19.1 Å². The van der Waals surface area contributed by atoms with Gasteiger partial charge in [0, 0.05) is 29.8 Å². The third kappa shape index (κ3) is 4.66. The first-order valence-electron chi connectivity index (χ1n) is 18.4. The van der Waals surface area contributed by atoms with Gasteiger partial charge in [-0.05, 0) is 111 Å². The fourth-order valence-electron chi connectivity index (χ4n) is 12.7. The predicted octanol–water partition coefficient (Wildman–Crippen LogP) is 6.26. The second-order valence-electron chi connectivity index (χ2n) is 18.1. The van der Waals surface area contributed by atoms with E-state index in [2.05, 4.69) is 52.1 Å². The van der Waals surface area contributed by atoms with Crippen molar-refractivity contribution >= 4 is 11.6 Å². The van der Waals surface area contributed by atoms with Gasteiger partial charge < -0.3 is 25.4 Å². The summed E-state index contributed by atoms with van der Waals surface area (Å²) in [6, 6.07) is 7.26. The maximum absolute atomic E-state index is 14.9. The summed E-state index contributed by atoms with van der Waals surface area (Å²) in [7, 11) is 0. The molecule has 4 N–H and O–H groups in total. The highest BCUT2D eigenvalue weighted by molar-refractivity contribution is 6.00. The van der Waals surface area contributed by atoms with Gasteiger partial charge in [0.05, 0.1) is 23.7 Å². The van der Waals surface area contributed by atoms with E-state index in [-0.39, 0.29) is 80.9 Å². The fraction of sp³-hybridized carbons (Fsp3) is 0.707. The Balaban J connectivity index is 1.34. The summed E-state index contributed by atoms with van der Waals surface area (Å²) < 4.78 is 5.76. The van der Waals surface area contributed by atoms with Crippen LogP contribution in [-0.2, 0) is 14.3 Å². The summed E-state index contributed by atoms with van der Waals surface area (Å²) in [6.45, 7) is 17.7. The molecule has 1 heterocycles. The molecule has 262 valence electrons. The van der Waals surface area contributed by atoms with Crippen molar-refractivity contribution in [1.29, 1.82) is 0 Å². The third-order valence-corrected chi connectivity index (χ3v) is 14.9. The Morgan fingerprint density at radius 3 is 2.42 bits per heavy atom. The Bertz CT molecular complexity index is 1580. The predicted molar refractivity (Wildman–Crippen MR) is 185 cm³/mol. The smallest absolute Gasteiger partial charge is 0.159 e. The number of carbonyl (C=O) groups excluding carboxylic acids is 2. The maximum atomic E-state index is 14.9. The van der Waals surface area contributed by atoms with Gasteiger partial charge in [0.25, 0.3) is 0 Å². The number of epoxide rings is 1. The van der Waals surface area contributed by atoms with Crippen molar-refractivity contribution in [1.82, 2.24) is 5.32 Å². The van der Waals surface area contributed by atoms with Gasteiger partial charge in [0.2, 0.25) is 0 Å². The van der Waals surface area contributed by atoms with Crippen LogP contribution in [0.2, 0.25) is 0 Å². The summed E-state index contributed by atoms with van der Waals surface area (Å²) in [5, 5.41) is 35.9. The third-order valence-electron chi connectivity index (χ3n) is 14.9. The molecule has 1 aromatic rings. The van der Waals surface area contributed by atoms with Gasteiger partial charge in [-0.2, -0.15) is 0 Å². The number of nitrogens with one attached hydrogen (secondary N) is 1. The molecule has 0 amide bonds. The van der Waals surface area contributed by atoms with E-state index < -0.39 is 17.6 Å². The molecule has 6 aliphatic carbocycles. The van der Waals surface area contributed by atoms with E-state index in [4.69, 9.17) is 4.74 Å². The molecule has 8 rings (SSSR count). The molecule has 0 unspecified atom stereocenters. The highest BCUT2D eigenvalue weighted by atomic mass is 16.6. The summed E-state index contributed by atoms with van der Waals surface area (Å²) >= 11 is 0. The molecule has 0 spiro atoms. The molecule has 13 atom stereocenters. The number of phenols is 1. The highest BCUT2D eigenvalue weighted by Crippen LogP contribution is 2.77. The minimum absolute atomic E-state index is 0.0313. The van der Waals surface area contributed by atoms with Crippen molar-refractivity contribution in [2.45, 2.75) is 130 Å². The second-order valence-corrected chi connectivity index (χ2v) is 18.1. The van der Waals surface area contributed by atoms with Crippen molar-refractivity contribution in [3.8, 4) is 5.75 Å². The van der Waals surface area contributed by atoms with Crippen LogP contribution in [0, 0.1) is 45.3 Å². The number of aliphatic hydroxyl groups excluding tert-OH is 2. The summed E-state index contributed by atoms with van der Waals surface area (Å²) in [5.41, 5.74) is 1.20. The number of allylic oxidation sites excluding steroid dienone is 4. The zero-order chi connectivity index (χ0) is 34.8. The lowest BCUT2D eigenvalue weighted by molar-refractivity contribution is -0.206. The van der Waals surface area contributed by atoms with E-state index in [0.29, 0.717) is 25.8 Å². The topological polar surface area (TPSA) is 119 Å². The first-order valence-corrected chi connectivity index (χ1v) is 18.4. The van der Waals surface area contributed by atoms with Crippen LogP contribution < -0.4 is 5.32 Å². The molecule has 48 heavy (non-hydrogen) atoms. The molecule has 7 nitrogen and oxygen atoms in total. The molecule has 3 saturated carbocycles. The Kier molecular flexibility index (Phi) is 7.89. The molecule has 0 radical (unpaired) electrons. The van der Waals surface area contributed by atoms with E-state index in [1.807, 2.05) is 26.0 Å². The number of aromatic hydroxyl groups is 1. The van der Waals surface area contributed by atoms with Gasteiger partial charge in [-0.25, -0.2) is 0 Å². The van der Waals surface area contributed by atoms with Crippen LogP contribution in [0.25, 0.3) is 0 Å². The molecule has 4 fully saturated rings. The van der Waals surface area contributed by atoms with Gasteiger partial charge in [0.1, 0.15) is 17.6 Å². The number of benzene rings is 1. The molecule has 0 aromatic heterocycles. The lowest BCUT2D eigenvalue weighted by Crippen LogP contribution is -2.72. The van der Waals surface area contributed by atoms with E-state index in [9.17, 15) is 24.9 Å². The van der Waals surface area contributed by atoms with Crippen LogP contribution >= 0.6 is 0 Å². The largest absolute Gasteiger partial charge is 0.508 e. The quantitative estimate of drug-likeness (QED) is 0.192. The van der Waals surface area contributed by atoms with Gasteiger partial charge in [0.15, 0.2) is 5.78 Å². The number of hydrogen-bond donors (Lipinski definition) is 4. The van der Waals surface area contributed by atoms with Crippen molar-refractivity contribution in [3.63, 3.8) is 0 Å². The second kappa shape index (κ2) is 11.1. The molecule has 1 aliphatic heterocycles. The average Bonchev–Trinajstić information content (AvgIpc) is 3.61. The number of fused-ring (bicyclic) bond motifs is 5. The summed E-state index contributed by atoms with van der Waals surface area (Å²) in [6.07, 6.45) is 7.45. The van der Waals surface area contributed by atoms with Crippen LogP contribution in [0.15, 0.2) is 47.6 Å². The number of rotatable bonds is 8. The minimum atomic E-state index is -0.636. The van der Waals surface area contributed by atoms with E-state index in [0.717, 1.165) is 30.4 Å². The fourth-order valence-corrected chi connectivity index (χ4v) is 12.7. The van der Waals surface area contributed by atoms with E-state index >= 15 is 0 Å². The minimum Gasteiger partial charge on any atom is -0.508 e. The molecule has 7 aliphatic rings. The molecular weight excluding hydrogens is 602 g/mol. The van der Waals surface area contributed by atoms with Crippen LogP contribution in [-0.4, -0.2) is 63.4 Å². The number of aliphatic hydroxyl groups is 2. The van der Waals surface area contributed by atoms with Gasteiger partial charge in [-0.15, -0.1) is 0 Å². The van der Waals surface area contributed by atoms with Gasteiger partial charge >= 0.3 is 0 Å². The number of ether oxygens (including phenoxy) is 1. The Hall–Kier alpha value is -2.32. The van der Waals surface area contributed by atoms with Crippen LogP contribution in [0.4, 0.5) is 0 Å². The van der Waals surface area contributed by atoms with Gasteiger partial charge in [-0.3, -0.25) is 9.59 Å². The Morgan fingerprint density at radius 1 is 1.06 bits per heavy atom. The van der Waals surface area contributed by atoms with Gasteiger partial charge in [-0.1, -0.05) is 64.5 Å². The normalized spacial score (nSPS) is 44.5. The van der Waals surface area contributed by atoms with Crippen LogP contribution in [0.3, 0.4) is 0 Å². The first-order chi connectivity index (χ1) is 22.4. The van der Waals surface area contributed by atoms with Crippen molar-refractivity contribution < 1.29 is 29.6 Å². The Morgan fingerprint density at radius 2 is 1.77 bits per heavy atom. The molecule has 1 aromatic carbocycles. The number of phenolic OH excluding ortho intramolecular Hbond substituents is 1. The maximum Gasteiger partial charge on any atom is 0.159 e. The average molecular weight is 660 g/mol.